The molecule has 0 radical (unpaired) electrons. The van der Waals surface area contributed by atoms with Gasteiger partial charge < -0.3 is 13.3 Å². The van der Waals surface area contributed by atoms with Crippen LogP contribution in [0.15, 0.2) is 24.3 Å². The molecule has 0 spiro atoms. The maximum Gasteiger partial charge on any atom is 0.536 e. The van der Waals surface area contributed by atoms with Gasteiger partial charge in [-0.3, -0.25) is 0 Å². The van der Waals surface area contributed by atoms with Gasteiger partial charge in [0.05, 0.1) is 6.61 Å². The lowest BCUT2D eigenvalue weighted by Crippen LogP contribution is -2.55. The SMILES string of the molecule is CO[Si](OC)(OCCCl)c1ccc(C)cc1. The molecule has 3 nitrogen and oxygen atoms in total. The largest absolute Gasteiger partial charge is 0.536 e. The molecule has 0 aromatic heterocycles. The van der Waals surface area contributed by atoms with E-state index in [4.69, 9.17) is 24.9 Å². The van der Waals surface area contributed by atoms with Gasteiger partial charge in [0, 0.05) is 25.3 Å². The Labute approximate surface area is 103 Å². The second-order valence-electron chi connectivity index (χ2n) is 3.37. The number of benzene rings is 1. The molecule has 0 aliphatic carbocycles. The Balaban J connectivity index is 2.95. The summed E-state index contributed by atoms with van der Waals surface area (Å²) in [4.78, 5) is 0. The van der Waals surface area contributed by atoms with Crippen molar-refractivity contribution in [1.82, 2.24) is 0 Å². The van der Waals surface area contributed by atoms with Gasteiger partial charge in [0.15, 0.2) is 0 Å². The van der Waals surface area contributed by atoms with Crippen molar-refractivity contribution in [2.45, 2.75) is 6.92 Å². The van der Waals surface area contributed by atoms with Gasteiger partial charge in [0.1, 0.15) is 0 Å². The average molecular weight is 261 g/mol. The van der Waals surface area contributed by atoms with Crippen LogP contribution in [0.25, 0.3) is 0 Å². The molecule has 0 bridgehead atoms. The minimum atomic E-state index is -2.75. The Kier molecular flexibility index (Phi) is 5.44. The maximum absolute atomic E-state index is 5.67. The molecular formula is C11H17ClO3Si. The quantitative estimate of drug-likeness (QED) is 0.576. The van der Waals surface area contributed by atoms with Crippen LogP contribution < -0.4 is 5.19 Å². The summed E-state index contributed by atoms with van der Waals surface area (Å²) in [5.74, 6) is 0.424. The van der Waals surface area contributed by atoms with Gasteiger partial charge in [-0.05, 0) is 6.92 Å². The minimum absolute atomic E-state index is 0.420. The summed E-state index contributed by atoms with van der Waals surface area (Å²) in [7, 11) is 0.454. The Morgan fingerprint density at radius 1 is 1.12 bits per heavy atom. The van der Waals surface area contributed by atoms with E-state index in [-0.39, 0.29) is 0 Å². The Hall–Kier alpha value is -0.393. The molecule has 0 aliphatic heterocycles. The van der Waals surface area contributed by atoms with Crippen LogP contribution >= 0.6 is 11.6 Å². The van der Waals surface area contributed by atoms with E-state index in [0.717, 1.165) is 5.19 Å². The van der Waals surface area contributed by atoms with Gasteiger partial charge in [-0.1, -0.05) is 29.8 Å². The highest BCUT2D eigenvalue weighted by atomic mass is 35.5. The average Bonchev–Trinajstić information content (AvgIpc) is 2.33. The summed E-state index contributed by atoms with van der Waals surface area (Å²) in [6, 6.07) is 7.98. The lowest BCUT2D eigenvalue weighted by Gasteiger charge is -2.26. The fourth-order valence-electron chi connectivity index (χ4n) is 1.45. The first kappa shape index (κ1) is 13.7. The molecule has 0 amide bonds. The molecule has 0 N–H and O–H groups in total. The number of rotatable bonds is 6. The first-order valence-corrected chi connectivity index (χ1v) is 7.32. The monoisotopic (exact) mass is 260 g/mol. The first-order chi connectivity index (χ1) is 7.68. The maximum atomic E-state index is 5.67. The zero-order chi connectivity index (χ0) is 12.0. The molecule has 90 valence electrons. The van der Waals surface area contributed by atoms with Crippen LogP contribution in [0.2, 0.25) is 0 Å². The Morgan fingerprint density at radius 3 is 2.12 bits per heavy atom. The summed E-state index contributed by atoms with van der Waals surface area (Å²) in [6.07, 6.45) is 0. The van der Waals surface area contributed by atoms with E-state index in [0.29, 0.717) is 12.5 Å². The summed E-state index contributed by atoms with van der Waals surface area (Å²) in [5, 5.41) is 0.952. The van der Waals surface area contributed by atoms with Crippen LogP contribution in [0.3, 0.4) is 0 Å². The van der Waals surface area contributed by atoms with Gasteiger partial charge in [0.2, 0.25) is 0 Å². The van der Waals surface area contributed by atoms with Gasteiger partial charge in [-0.15, -0.1) is 11.6 Å². The zero-order valence-electron chi connectivity index (χ0n) is 9.83. The summed E-state index contributed by atoms with van der Waals surface area (Å²) in [6.45, 7) is 2.45. The molecule has 0 fully saturated rings. The van der Waals surface area contributed by atoms with Gasteiger partial charge >= 0.3 is 8.80 Å². The van der Waals surface area contributed by atoms with Crippen molar-refractivity contribution < 1.29 is 13.3 Å². The standard InChI is InChI=1S/C11H17ClO3Si/c1-10-4-6-11(7-5-10)16(13-2,14-3)15-9-8-12/h4-7H,8-9H2,1-3H3. The van der Waals surface area contributed by atoms with E-state index in [2.05, 4.69) is 0 Å². The van der Waals surface area contributed by atoms with E-state index in [1.165, 1.54) is 5.56 Å². The van der Waals surface area contributed by atoms with Crippen LogP contribution in [0, 0.1) is 6.92 Å². The van der Waals surface area contributed by atoms with Crippen molar-refractivity contribution in [3.8, 4) is 0 Å². The van der Waals surface area contributed by atoms with Crippen molar-refractivity contribution in [3.05, 3.63) is 29.8 Å². The highest BCUT2D eigenvalue weighted by molar-refractivity contribution is 6.75. The van der Waals surface area contributed by atoms with Gasteiger partial charge in [-0.25, -0.2) is 0 Å². The molecule has 0 unspecified atom stereocenters. The number of hydrogen-bond donors (Lipinski definition) is 0. The molecule has 0 atom stereocenters. The number of aryl methyl sites for hydroxylation is 1. The van der Waals surface area contributed by atoms with E-state index in [9.17, 15) is 0 Å². The second kappa shape index (κ2) is 6.37. The lowest BCUT2D eigenvalue weighted by atomic mass is 10.2. The minimum Gasteiger partial charge on any atom is -0.373 e. The van der Waals surface area contributed by atoms with Crippen LogP contribution in [0.4, 0.5) is 0 Å². The van der Waals surface area contributed by atoms with E-state index < -0.39 is 8.80 Å². The number of hydrogen-bond acceptors (Lipinski definition) is 3. The first-order valence-electron chi connectivity index (χ1n) is 5.06. The third-order valence-electron chi connectivity index (χ3n) is 2.31. The van der Waals surface area contributed by atoms with Crippen molar-refractivity contribution in [2.75, 3.05) is 26.7 Å². The normalized spacial score (nSPS) is 11.8. The van der Waals surface area contributed by atoms with E-state index >= 15 is 0 Å². The molecular weight excluding hydrogens is 244 g/mol. The molecule has 16 heavy (non-hydrogen) atoms. The van der Waals surface area contributed by atoms with Crippen molar-refractivity contribution in [3.63, 3.8) is 0 Å². The van der Waals surface area contributed by atoms with Crippen LogP contribution in [0.5, 0.6) is 0 Å². The third kappa shape index (κ3) is 3.05. The van der Waals surface area contributed by atoms with Gasteiger partial charge in [-0.2, -0.15) is 0 Å². The predicted molar refractivity (Wildman–Crippen MR) is 67.3 cm³/mol. The number of halogens is 1. The molecule has 0 saturated heterocycles. The Morgan fingerprint density at radius 2 is 1.69 bits per heavy atom. The molecule has 0 aliphatic rings. The highest BCUT2D eigenvalue weighted by Crippen LogP contribution is 2.09. The Bertz CT molecular complexity index is 312. The van der Waals surface area contributed by atoms with Crippen molar-refractivity contribution >= 4 is 25.6 Å². The van der Waals surface area contributed by atoms with Crippen LogP contribution in [-0.2, 0) is 13.3 Å². The van der Waals surface area contributed by atoms with Crippen molar-refractivity contribution in [1.29, 1.82) is 0 Å². The predicted octanol–water partition coefficient (Wildman–Crippen LogP) is 1.69. The fourth-order valence-corrected chi connectivity index (χ4v) is 3.64. The fraction of sp³-hybridized carbons (Fsp3) is 0.455. The lowest BCUT2D eigenvalue weighted by molar-refractivity contribution is 0.120. The van der Waals surface area contributed by atoms with Crippen LogP contribution in [-0.4, -0.2) is 35.5 Å². The van der Waals surface area contributed by atoms with Crippen LogP contribution in [0.1, 0.15) is 5.56 Å². The van der Waals surface area contributed by atoms with Crippen molar-refractivity contribution in [2.24, 2.45) is 0 Å². The highest BCUT2D eigenvalue weighted by Gasteiger charge is 2.41. The topological polar surface area (TPSA) is 27.7 Å². The summed E-state index contributed by atoms with van der Waals surface area (Å²) >= 11 is 5.62. The molecule has 0 saturated carbocycles. The number of alkyl halides is 1. The summed E-state index contributed by atoms with van der Waals surface area (Å²) < 4.78 is 16.6. The van der Waals surface area contributed by atoms with Gasteiger partial charge in [0.25, 0.3) is 0 Å². The molecule has 5 heteroatoms. The smallest absolute Gasteiger partial charge is 0.373 e. The molecule has 0 heterocycles. The molecule has 1 aromatic rings. The zero-order valence-corrected chi connectivity index (χ0v) is 11.6. The van der Waals surface area contributed by atoms with E-state index in [1.807, 2.05) is 31.2 Å². The summed E-state index contributed by atoms with van der Waals surface area (Å²) in [5.41, 5.74) is 1.19. The molecule has 1 aromatic carbocycles. The van der Waals surface area contributed by atoms with E-state index in [1.54, 1.807) is 14.2 Å². The third-order valence-corrected chi connectivity index (χ3v) is 5.17. The second-order valence-corrected chi connectivity index (χ2v) is 6.54. The molecule has 1 rings (SSSR count).